The highest BCUT2D eigenvalue weighted by Crippen LogP contribution is 2.21. The highest BCUT2D eigenvalue weighted by molar-refractivity contribution is 5.94. The molecule has 3 aromatic rings. The van der Waals surface area contributed by atoms with Crippen molar-refractivity contribution in [1.29, 1.82) is 0 Å². The van der Waals surface area contributed by atoms with Gasteiger partial charge >= 0.3 is 0 Å². The number of anilines is 3. The van der Waals surface area contributed by atoms with Crippen LogP contribution >= 0.6 is 0 Å². The van der Waals surface area contributed by atoms with E-state index in [0.717, 1.165) is 44.1 Å². The largest absolute Gasteiger partial charge is 0.368 e. The van der Waals surface area contributed by atoms with Crippen LogP contribution in [0, 0.1) is 0 Å². The molecule has 0 radical (unpaired) electrons. The third-order valence-electron chi connectivity index (χ3n) is 5.36. The van der Waals surface area contributed by atoms with E-state index in [1.165, 1.54) is 11.3 Å². The standard InChI is InChI=1S/C24H26N4O/c1-2-19-8-6-7-11-22(19)26-23-13-12-20(18-25-23)24(29)28-16-14-27(15-17-28)21-9-4-3-5-10-21/h3-13,18H,2,14-17H2,1H3,(H,25,26). The predicted molar refractivity (Wildman–Crippen MR) is 118 cm³/mol. The van der Waals surface area contributed by atoms with Crippen LogP contribution in [-0.4, -0.2) is 42.0 Å². The number of amides is 1. The fourth-order valence-electron chi connectivity index (χ4n) is 3.67. The summed E-state index contributed by atoms with van der Waals surface area (Å²) in [4.78, 5) is 21.6. The van der Waals surface area contributed by atoms with E-state index in [2.05, 4.69) is 40.3 Å². The number of piperazine rings is 1. The van der Waals surface area contributed by atoms with Gasteiger partial charge in [-0.1, -0.05) is 43.3 Å². The van der Waals surface area contributed by atoms with Gasteiger partial charge in [0.1, 0.15) is 5.82 Å². The lowest BCUT2D eigenvalue weighted by atomic mass is 10.1. The van der Waals surface area contributed by atoms with E-state index in [0.29, 0.717) is 5.56 Å². The molecular weight excluding hydrogens is 360 g/mol. The van der Waals surface area contributed by atoms with Crippen molar-refractivity contribution in [3.63, 3.8) is 0 Å². The van der Waals surface area contributed by atoms with Crippen LogP contribution in [-0.2, 0) is 6.42 Å². The van der Waals surface area contributed by atoms with Gasteiger partial charge in [-0.15, -0.1) is 0 Å². The molecular formula is C24H26N4O. The summed E-state index contributed by atoms with van der Waals surface area (Å²) in [6.45, 7) is 5.26. The van der Waals surface area contributed by atoms with Crippen molar-refractivity contribution in [2.75, 3.05) is 36.4 Å². The van der Waals surface area contributed by atoms with Gasteiger partial charge in [0.2, 0.25) is 0 Å². The van der Waals surface area contributed by atoms with Crippen LogP contribution in [0.25, 0.3) is 0 Å². The van der Waals surface area contributed by atoms with Crippen LogP contribution < -0.4 is 10.2 Å². The molecule has 5 heteroatoms. The Balaban J connectivity index is 1.37. The number of carbonyl (C=O) groups is 1. The van der Waals surface area contributed by atoms with Crippen LogP contribution in [0.3, 0.4) is 0 Å². The molecule has 0 saturated carbocycles. The molecule has 2 heterocycles. The summed E-state index contributed by atoms with van der Waals surface area (Å²) in [6, 6.07) is 22.3. The quantitative estimate of drug-likeness (QED) is 0.708. The van der Waals surface area contributed by atoms with Crippen molar-refractivity contribution in [3.8, 4) is 0 Å². The number of pyridine rings is 1. The number of para-hydroxylation sites is 2. The lowest BCUT2D eigenvalue weighted by molar-refractivity contribution is 0.0746. The molecule has 0 aliphatic carbocycles. The van der Waals surface area contributed by atoms with Crippen molar-refractivity contribution < 1.29 is 4.79 Å². The van der Waals surface area contributed by atoms with E-state index >= 15 is 0 Å². The minimum atomic E-state index is 0.0470. The SMILES string of the molecule is CCc1ccccc1Nc1ccc(C(=O)N2CCN(c3ccccc3)CC2)cn1. The number of rotatable bonds is 5. The summed E-state index contributed by atoms with van der Waals surface area (Å²) in [6.07, 6.45) is 2.62. The molecule has 1 aliphatic heterocycles. The van der Waals surface area contributed by atoms with Crippen molar-refractivity contribution in [1.82, 2.24) is 9.88 Å². The first-order valence-corrected chi connectivity index (χ1v) is 10.1. The van der Waals surface area contributed by atoms with Gasteiger partial charge < -0.3 is 15.1 Å². The summed E-state index contributed by atoms with van der Waals surface area (Å²) < 4.78 is 0. The average molecular weight is 386 g/mol. The number of benzene rings is 2. The number of carbonyl (C=O) groups excluding carboxylic acids is 1. The molecule has 1 fully saturated rings. The summed E-state index contributed by atoms with van der Waals surface area (Å²) in [5.41, 5.74) is 4.14. The van der Waals surface area contributed by atoms with E-state index in [1.807, 2.05) is 53.4 Å². The lowest BCUT2D eigenvalue weighted by Crippen LogP contribution is -2.48. The molecule has 1 saturated heterocycles. The minimum Gasteiger partial charge on any atom is -0.368 e. The minimum absolute atomic E-state index is 0.0470. The maximum Gasteiger partial charge on any atom is 0.255 e. The lowest BCUT2D eigenvalue weighted by Gasteiger charge is -2.36. The van der Waals surface area contributed by atoms with E-state index in [9.17, 15) is 4.79 Å². The Morgan fingerprint density at radius 2 is 1.66 bits per heavy atom. The molecule has 1 N–H and O–H groups in total. The van der Waals surface area contributed by atoms with Crippen LogP contribution in [0.2, 0.25) is 0 Å². The van der Waals surface area contributed by atoms with Gasteiger partial charge in [0, 0.05) is 43.8 Å². The smallest absolute Gasteiger partial charge is 0.255 e. The molecule has 1 aromatic heterocycles. The summed E-state index contributed by atoms with van der Waals surface area (Å²) >= 11 is 0. The molecule has 1 amide bonds. The van der Waals surface area contributed by atoms with Gasteiger partial charge in [0.15, 0.2) is 0 Å². The number of hydrogen-bond donors (Lipinski definition) is 1. The van der Waals surface area contributed by atoms with Crippen molar-refractivity contribution in [3.05, 3.63) is 84.1 Å². The van der Waals surface area contributed by atoms with Crippen LogP contribution in [0.1, 0.15) is 22.8 Å². The van der Waals surface area contributed by atoms with Crippen LogP contribution in [0.4, 0.5) is 17.2 Å². The van der Waals surface area contributed by atoms with Crippen molar-refractivity contribution in [2.45, 2.75) is 13.3 Å². The van der Waals surface area contributed by atoms with Crippen molar-refractivity contribution >= 4 is 23.1 Å². The molecule has 0 unspecified atom stereocenters. The van der Waals surface area contributed by atoms with Gasteiger partial charge in [-0.25, -0.2) is 4.98 Å². The molecule has 29 heavy (non-hydrogen) atoms. The Kier molecular flexibility index (Phi) is 5.75. The van der Waals surface area contributed by atoms with Gasteiger partial charge in [-0.2, -0.15) is 0 Å². The molecule has 4 rings (SSSR count). The molecule has 0 bridgehead atoms. The zero-order valence-electron chi connectivity index (χ0n) is 16.7. The third-order valence-corrected chi connectivity index (χ3v) is 5.36. The Labute approximate surface area is 172 Å². The molecule has 1 aliphatic rings. The predicted octanol–water partition coefficient (Wildman–Crippen LogP) is 4.35. The second-order valence-corrected chi connectivity index (χ2v) is 7.18. The molecule has 2 aromatic carbocycles. The molecule has 5 nitrogen and oxygen atoms in total. The first kappa shape index (κ1) is 19.0. The Morgan fingerprint density at radius 1 is 0.931 bits per heavy atom. The Bertz CT molecular complexity index is 948. The maximum atomic E-state index is 12.9. The highest BCUT2D eigenvalue weighted by Gasteiger charge is 2.22. The third kappa shape index (κ3) is 4.40. The Hall–Kier alpha value is -3.34. The number of aromatic nitrogens is 1. The van der Waals surface area contributed by atoms with Gasteiger partial charge in [-0.3, -0.25) is 4.79 Å². The fourth-order valence-corrected chi connectivity index (χ4v) is 3.67. The van der Waals surface area contributed by atoms with Gasteiger partial charge in [-0.05, 0) is 42.3 Å². The molecule has 0 spiro atoms. The van der Waals surface area contributed by atoms with Gasteiger partial charge in [0.05, 0.1) is 5.56 Å². The van der Waals surface area contributed by atoms with Crippen LogP contribution in [0.5, 0.6) is 0 Å². The first-order valence-electron chi connectivity index (χ1n) is 10.1. The fraction of sp³-hybridized carbons (Fsp3) is 0.250. The van der Waals surface area contributed by atoms with E-state index in [4.69, 9.17) is 0 Å². The van der Waals surface area contributed by atoms with E-state index < -0.39 is 0 Å². The van der Waals surface area contributed by atoms with E-state index in [-0.39, 0.29) is 5.91 Å². The summed E-state index contributed by atoms with van der Waals surface area (Å²) in [5.74, 6) is 0.794. The molecule has 0 atom stereocenters. The normalized spacial score (nSPS) is 14.0. The highest BCUT2D eigenvalue weighted by atomic mass is 16.2. The summed E-state index contributed by atoms with van der Waals surface area (Å²) in [5, 5.41) is 3.35. The monoisotopic (exact) mass is 386 g/mol. The van der Waals surface area contributed by atoms with Crippen molar-refractivity contribution in [2.24, 2.45) is 0 Å². The maximum absolute atomic E-state index is 12.9. The first-order chi connectivity index (χ1) is 14.2. The number of nitrogens with one attached hydrogen (secondary N) is 1. The topological polar surface area (TPSA) is 48.5 Å². The zero-order chi connectivity index (χ0) is 20.1. The number of aryl methyl sites for hydroxylation is 1. The van der Waals surface area contributed by atoms with Gasteiger partial charge in [0.25, 0.3) is 5.91 Å². The zero-order valence-corrected chi connectivity index (χ0v) is 16.7. The molecule has 148 valence electrons. The number of nitrogens with zero attached hydrogens (tertiary/aromatic N) is 3. The number of hydrogen-bond acceptors (Lipinski definition) is 4. The average Bonchev–Trinajstić information content (AvgIpc) is 2.80. The second-order valence-electron chi connectivity index (χ2n) is 7.18. The van der Waals surface area contributed by atoms with E-state index in [1.54, 1.807) is 6.20 Å². The second kappa shape index (κ2) is 8.78. The summed E-state index contributed by atoms with van der Waals surface area (Å²) in [7, 11) is 0. The van der Waals surface area contributed by atoms with Crippen LogP contribution in [0.15, 0.2) is 72.9 Å². The Morgan fingerprint density at radius 3 is 2.34 bits per heavy atom.